The smallest absolute Gasteiger partial charge is 0.247 e. The average Bonchev–Trinajstić information content (AvgIpc) is 4.26. The zero-order valence-electron chi connectivity index (χ0n) is 49.7. The van der Waals surface area contributed by atoms with Crippen molar-refractivity contribution in [1.29, 1.82) is 0 Å². The molecule has 1 aromatic heterocycles. The third kappa shape index (κ3) is 26.1. The number of piperazine rings is 1. The number of nitrogens with one attached hydrogen (secondary N) is 4. The lowest BCUT2D eigenvalue weighted by molar-refractivity contribution is -0.141. The van der Waals surface area contributed by atoms with E-state index < -0.39 is 6.04 Å². The number of hydrogen-bond donors (Lipinski definition) is 5. The molecule has 1 saturated heterocycles. The number of anilines is 2. The van der Waals surface area contributed by atoms with Crippen LogP contribution >= 0.6 is 11.3 Å². The third-order valence-corrected chi connectivity index (χ3v) is 14.6. The van der Waals surface area contributed by atoms with Gasteiger partial charge in [-0.25, -0.2) is 4.98 Å². The fourth-order valence-electron chi connectivity index (χ4n) is 8.69. The van der Waals surface area contributed by atoms with Gasteiger partial charge in [0.05, 0.1) is 65.5 Å². The Morgan fingerprint density at radius 3 is 2.14 bits per heavy atom. The van der Waals surface area contributed by atoms with Crippen molar-refractivity contribution < 1.29 is 47.6 Å². The zero-order valence-corrected chi connectivity index (χ0v) is 50.6. The monoisotopic (exact) mass is 1180 g/mol. The Morgan fingerprint density at radius 1 is 0.821 bits per heavy atom. The van der Waals surface area contributed by atoms with Crippen LogP contribution in [0.3, 0.4) is 0 Å². The van der Waals surface area contributed by atoms with Crippen LogP contribution in [-0.2, 0) is 46.2 Å². The van der Waals surface area contributed by atoms with E-state index in [0.29, 0.717) is 108 Å². The molecule has 2 aliphatic rings. The number of thiazole rings is 1. The Kier molecular flexibility index (Phi) is 31.6. The van der Waals surface area contributed by atoms with Crippen molar-refractivity contribution in [3.05, 3.63) is 144 Å². The predicted octanol–water partition coefficient (Wildman–Crippen LogP) is 6.84. The van der Waals surface area contributed by atoms with Crippen LogP contribution in [0.2, 0.25) is 0 Å². The molecule has 2 fully saturated rings. The summed E-state index contributed by atoms with van der Waals surface area (Å²) in [6.07, 6.45) is 13.1. The summed E-state index contributed by atoms with van der Waals surface area (Å²) in [5, 5.41) is 14.5. The van der Waals surface area contributed by atoms with Gasteiger partial charge in [0.15, 0.2) is 5.13 Å². The second-order valence-electron chi connectivity index (χ2n) is 20.3. The van der Waals surface area contributed by atoms with E-state index in [1.165, 1.54) is 11.3 Å². The van der Waals surface area contributed by atoms with Crippen LogP contribution in [0, 0.1) is 0 Å². The summed E-state index contributed by atoms with van der Waals surface area (Å²) >= 11 is 1.54. The maximum atomic E-state index is 13.9. The van der Waals surface area contributed by atoms with Crippen LogP contribution in [-0.4, -0.2) is 188 Å². The average molecular weight is 1180 g/mol. The molecule has 4 amide bonds. The van der Waals surface area contributed by atoms with Crippen molar-refractivity contribution in [3.63, 3.8) is 0 Å². The van der Waals surface area contributed by atoms with Gasteiger partial charge >= 0.3 is 0 Å². The van der Waals surface area contributed by atoms with Gasteiger partial charge in [-0.05, 0) is 118 Å². The minimum absolute atomic E-state index is 0.0147. The molecule has 20 nitrogen and oxygen atoms in total. The van der Waals surface area contributed by atoms with E-state index in [0.717, 1.165) is 98.2 Å². The van der Waals surface area contributed by atoms with Crippen LogP contribution in [0.25, 0.3) is 0 Å². The quantitative estimate of drug-likeness (QED) is 0.0175. The Hall–Kier alpha value is -7.27. The van der Waals surface area contributed by atoms with E-state index in [2.05, 4.69) is 63.3 Å². The lowest BCUT2D eigenvalue weighted by Gasteiger charge is -2.32. The first kappa shape index (κ1) is 67.5. The molecule has 6 rings (SSSR count). The van der Waals surface area contributed by atoms with Crippen LogP contribution in [0.4, 0.5) is 10.8 Å². The first-order valence-corrected chi connectivity index (χ1v) is 29.8. The van der Waals surface area contributed by atoms with Gasteiger partial charge in [-0.3, -0.25) is 19.2 Å². The van der Waals surface area contributed by atoms with Crippen molar-refractivity contribution in [1.82, 2.24) is 35.2 Å². The fraction of sp³-hybridized carbons (Fsp3) is 0.476. The van der Waals surface area contributed by atoms with Crippen molar-refractivity contribution in [2.75, 3.05) is 144 Å². The fourth-order valence-corrected chi connectivity index (χ4v) is 9.36. The van der Waals surface area contributed by atoms with Gasteiger partial charge in [-0.1, -0.05) is 55.7 Å². The molecule has 1 saturated carbocycles. The van der Waals surface area contributed by atoms with Gasteiger partial charge in [0, 0.05) is 94.7 Å². The number of carbonyl (C=O) groups excluding carboxylic acids is 4. The number of likely N-dealkylation sites (N-methyl/N-ethyl adjacent to an activating group) is 2. The van der Waals surface area contributed by atoms with Crippen LogP contribution in [0.15, 0.2) is 127 Å². The highest BCUT2D eigenvalue weighted by Crippen LogP contribution is 2.36. The second kappa shape index (κ2) is 39.3. The third-order valence-electron chi connectivity index (χ3n) is 13.7. The summed E-state index contributed by atoms with van der Waals surface area (Å²) in [4.78, 5) is 62.7. The SMILES string of the molecule is C=C/C=C(\C=C)CNC(=O)C(c1ccc(OC)cc1)N(C(=O)CCc1ccc(OCCCCN(C)CCOCCOCC/C(N)=C/NCCOCCOc2ccc(NC=O)cc2)cc1)C1CC1.CNc1nc(CC(=O)N2CCN(C)CC2)cs1. The molecule has 0 radical (unpaired) electrons. The largest absolute Gasteiger partial charge is 0.497 e. The van der Waals surface area contributed by atoms with Crippen LogP contribution in [0.1, 0.15) is 61.4 Å². The number of aryl methyl sites for hydroxylation is 1. The summed E-state index contributed by atoms with van der Waals surface area (Å²) < 4.78 is 34.0. The van der Waals surface area contributed by atoms with E-state index in [1.807, 2.05) is 65.9 Å². The summed E-state index contributed by atoms with van der Waals surface area (Å²) in [6, 6.07) is 21.6. The number of rotatable bonds is 40. The summed E-state index contributed by atoms with van der Waals surface area (Å²) in [5.74, 6) is 2.08. The maximum absolute atomic E-state index is 13.9. The van der Waals surface area contributed by atoms with Gasteiger partial charge in [-0.2, -0.15) is 0 Å². The molecule has 1 aliphatic carbocycles. The first-order valence-electron chi connectivity index (χ1n) is 28.9. The van der Waals surface area contributed by atoms with Crippen molar-refractivity contribution in [2.45, 2.75) is 63.5 Å². The molecule has 3 aromatic carbocycles. The molecule has 458 valence electrons. The van der Waals surface area contributed by atoms with Crippen molar-refractivity contribution in [2.24, 2.45) is 5.73 Å². The zero-order chi connectivity index (χ0) is 60.2. The summed E-state index contributed by atoms with van der Waals surface area (Å²) in [7, 11) is 7.61. The highest BCUT2D eigenvalue weighted by Gasteiger charge is 2.41. The van der Waals surface area contributed by atoms with E-state index in [1.54, 1.807) is 60.7 Å². The van der Waals surface area contributed by atoms with Gasteiger partial charge in [-0.15, -0.1) is 11.3 Å². The normalized spacial score (nSPS) is 13.9. The Balaban J connectivity index is 0.000000643. The Morgan fingerprint density at radius 2 is 1.49 bits per heavy atom. The number of hydrogen-bond acceptors (Lipinski definition) is 17. The number of unbranched alkanes of at least 4 members (excludes halogenated alkanes) is 1. The molecule has 1 unspecified atom stereocenters. The highest BCUT2D eigenvalue weighted by atomic mass is 32.1. The standard InChI is InChI=1S/C52H72N6O9.C11H18N4OS/c1-5-9-41(6-2)38-55-52(61)51(43-13-21-47(62-4)22-14-43)58(46-17-18-46)50(60)25-12-42-10-19-48(20-11-42)66-30-8-7-28-57(3)29-33-65-35-34-63-31-26-44(53)39-54-27-32-64-36-37-67-49-23-15-45(16-24-49)56-40-59;1-12-11-13-9(8-17-11)7-10(16)15-5-3-14(2)4-6-15/h5-6,9-11,13-16,19-24,39-40,46,51,54H,1-2,7-8,12,17-18,25-38,53H2,3-4H3,(H,55,61)(H,56,59);8H,3-7H2,1-2H3,(H,12,13)/b41-9+,44-39-;. The van der Waals surface area contributed by atoms with Crippen LogP contribution in [0.5, 0.6) is 17.2 Å². The number of methoxy groups -OCH3 is 1. The highest BCUT2D eigenvalue weighted by molar-refractivity contribution is 7.13. The van der Waals surface area contributed by atoms with Gasteiger partial charge in [0.25, 0.3) is 0 Å². The molecule has 4 aromatic rings. The predicted molar refractivity (Wildman–Crippen MR) is 332 cm³/mol. The molecule has 1 aliphatic heterocycles. The maximum Gasteiger partial charge on any atom is 0.247 e. The number of ether oxygens (including phenoxy) is 6. The summed E-state index contributed by atoms with van der Waals surface area (Å²) in [5.41, 5.74) is 10.9. The topological polar surface area (TPSA) is 224 Å². The second-order valence-corrected chi connectivity index (χ2v) is 21.1. The molecule has 84 heavy (non-hydrogen) atoms. The Labute approximate surface area is 501 Å². The van der Waals surface area contributed by atoms with Gasteiger partial charge in [0.1, 0.15) is 29.9 Å². The molecular weight excluding hydrogens is 1090 g/mol. The minimum atomic E-state index is -0.770. The molecular formula is C63H90N10O10S. The molecule has 0 spiro atoms. The summed E-state index contributed by atoms with van der Waals surface area (Å²) in [6.45, 7) is 18.0. The number of nitrogens with zero attached hydrogens (tertiary/aromatic N) is 5. The number of nitrogens with two attached hydrogens (primary N) is 1. The van der Waals surface area contributed by atoms with Crippen molar-refractivity contribution >= 4 is 46.3 Å². The molecule has 0 bridgehead atoms. The van der Waals surface area contributed by atoms with E-state index in [9.17, 15) is 19.2 Å². The lowest BCUT2D eigenvalue weighted by Crippen LogP contribution is -2.47. The number of amides is 4. The van der Waals surface area contributed by atoms with Crippen LogP contribution < -0.4 is 41.2 Å². The molecule has 21 heteroatoms. The number of aromatic nitrogens is 1. The number of benzene rings is 3. The molecule has 2 heterocycles. The van der Waals surface area contributed by atoms with Gasteiger partial charge in [0.2, 0.25) is 24.1 Å². The van der Waals surface area contributed by atoms with Crippen molar-refractivity contribution in [3.8, 4) is 17.2 Å². The number of carbonyl (C=O) groups is 4. The van der Waals surface area contributed by atoms with E-state index in [4.69, 9.17) is 34.2 Å². The Bertz CT molecular complexity index is 2620. The molecule has 1 atom stereocenters. The first-order chi connectivity index (χ1) is 40.9. The minimum Gasteiger partial charge on any atom is -0.497 e. The lowest BCUT2D eigenvalue weighted by atomic mass is 10.0. The number of allylic oxidation sites excluding steroid dienone is 2. The van der Waals surface area contributed by atoms with E-state index >= 15 is 0 Å². The van der Waals surface area contributed by atoms with E-state index in [-0.39, 0.29) is 36.7 Å². The molecule has 6 N–H and O–H groups in total. The van der Waals surface area contributed by atoms with Gasteiger partial charge < -0.3 is 75.0 Å².